The smallest absolute Gasteiger partial charge is 0.251 e. The summed E-state index contributed by atoms with van der Waals surface area (Å²) in [7, 11) is 1.60. The number of methoxy groups -OCH3 is 1. The van der Waals surface area contributed by atoms with Crippen LogP contribution in [0.2, 0.25) is 0 Å². The normalized spacial score (nSPS) is 13.7. The number of hydrogen-bond donors (Lipinski definition) is 2. The molecule has 0 spiro atoms. The van der Waals surface area contributed by atoms with Gasteiger partial charge in [0.25, 0.3) is 5.91 Å². The molecule has 2 heterocycles. The molecule has 1 aromatic heterocycles. The maximum Gasteiger partial charge on any atom is 0.251 e. The number of fused-ring (bicyclic) bond motifs is 1. The van der Waals surface area contributed by atoms with Gasteiger partial charge in [0, 0.05) is 51.1 Å². The van der Waals surface area contributed by atoms with Gasteiger partial charge in [0.2, 0.25) is 0 Å². The highest BCUT2D eigenvalue weighted by Crippen LogP contribution is 2.17. The van der Waals surface area contributed by atoms with E-state index in [0.29, 0.717) is 25.1 Å². The molecule has 2 aromatic carbocycles. The molecule has 0 radical (unpaired) electrons. The molecule has 0 atom stereocenters. The van der Waals surface area contributed by atoms with E-state index in [1.54, 1.807) is 31.4 Å². The molecule has 3 aromatic rings. The van der Waals surface area contributed by atoms with Gasteiger partial charge in [0.1, 0.15) is 29.8 Å². The Labute approximate surface area is 199 Å². The van der Waals surface area contributed by atoms with Crippen LogP contribution in [-0.4, -0.2) is 70.6 Å². The van der Waals surface area contributed by atoms with Crippen LogP contribution in [0.25, 0.3) is 0 Å². The minimum absolute atomic E-state index is 0.00332. The largest absolute Gasteiger partial charge is 0.497 e. The van der Waals surface area contributed by atoms with Gasteiger partial charge >= 0.3 is 0 Å². The van der Waals surface area contributed by atoms with Gasteiger partial charge in [-0.25, -0.2) is 0 Å². The van der Waals surface area contributed by atoms with E-state index in [0.717, 1.165) is 55.7 Å². The highest BCUT2D eigenvalue weighted by Gasteiger charge is 2.19. The second-order valence-electron chi connectivity index (χ2n) is 8.16. The molecule has 1 amide bonds. The minimum atomic E-state index is -0.116. The number of amides is 1. The van der Waals surface area contributed by atoms with Crippen molar-refractivity contribution in [1.29, 1.82) is 0 Å². The topological polar surface area (TPSA) is 102 Å². The first-order valence-corrected chi connectivity index (χ1v) is 11.5. The lowest BCUT2D eigenvalue weighted by molar-refractivity contribution is 0.0954. The van der Waals surface area contributed by atoms with Crippen molar-refractivity contribution < 1.29 is 19.4 Å². The summed E-state index contributed by atoms with van der Waals surface area (Å²) in [5.41, 5.74) is 1.77. The van der Waals surface area contributed by atoms with Gasteiger partial charge in [0.15, 0.2) is 0 Å². The Hall–Kier alpha value is -3.43. The molecule has 0 bridgehead atoms. The van der Waals surface area contributed by atoms with E-state index in [4.69, 9.17) is 14.6 Å². The lowest BCUT2D eigenvalue weighted by Crippen LogP contribution is -2.28. The van der Waals surface area contributed by atoms with E-state index in [-0.39, 0.29) is 12.5 Å². The zero-order valence-corrected chi connectivity index (χ0v) is 19.4. The summed E-state index contributed by atoms with van der Waals surface area (Å²) in [5, 5.41) is 20.7. The van der Waals surface area contributed by atoms with E-state index in [2.05, 4.69) is 31.0 Å². The Balaban J connectivity index is 1.29. The quantitative estimate of drug-likeness (QED) is 0.470. The summed E-state index contributed by atoms with van der Waals surface area (Å²) in [6.07, 6.45) is 1.45. The Morgan fingerprint density at radius 3 is 2.74 bits per heavy atom. The third kappa shape index (κ3) is 6.12. The second kappa shape index (κ2) is 11.6. The second-order valence-corrected chi connectivity index (χ2v) is 8.16. The summed E-state index contributed by atoms with van der Waals surface area (Å²) in [4.78, 5) is 14.8. The maximum absolute atomic E-state index is 12.4. The Morgan fingerprint density at radius 1 is 1.09 bits per heavy atom. The predicted octanol–water partition coefficient (Wildman–Crippen LogP) is 1.69. The van der Waals surface area contributed by atoms with Crippen molar-refractivity contribution >= 4 is 5.91 Å². The standard InChI is InChI=1S/C25H31N5O4/c1-33-21-7-5-20(6-8-21)25(32)26-11-9-23-27-28-24-10-12-29(13-14-30(23)24)18-19-3-2-4-22(17-19)34-16-15-31/h2-8,17,31H,9-16,18H2,1H3,(H,26,32). The van der Waals surface area contributed by atoms with Crippen LogP contribution in [0.1, 0.15) is 27.6 Å². The predicted molar refractivity (Wildman–Crippen MR) is 127 cm³/mol. The minimum Gasteiger partial charge on any atom is -0.497 e. The number of rotatable bonds is 10. The fraction of sp³-hybridized carbons (Fsp3) is 0.400. The van der Waals surface area contributed by atoms with Crippen molar-refractivity contribution in [2.75, 3.05) is 40.0 Å². The summed E-state index contributed by atoms with van der Waals surface area (Å²) >= 11 is 0. The molecule has 0 unspecified atom stereocenters. The van der Waals surface area contributed by atoms with Gasteiger partial charge < -0.3 is 24.5 Å². The van der Waals surface area contributed by atoms with Crippen molar-refractivity contribution in [3.8, 4) is 11.5 Å². The molecule has 2 N–H and O–H groups in total. The van der Waals surface area contributed by atoms with Gasteiger partial charge in [-0.15, -0.1) is 10.2 Å². The van der Waals surface area contributed by atoms with Gasteiger partial charge in [-0.1, -0.05) is 12.1 Å². The molecule has 34 heavy (non-hydrogen) atoms. The zero-order valence-electron chi connectivity index (χ0n) is 19.4. The molecular formula is C25H31N5O4. The molecule has 1 aliphatic rings. The number of ether oxygens (including phenoxy) is 2. The SMILES string of the molecule is COc1ccc(C(=O)NCCc2nnc3n2CCN(Cc2cccc(OCCO)c2)CC3)cc1. The first-order valence-electron chi connectivity index (χ1n) is 11.5. The van der Waals surface area contributed by atoms with E-state index in [9.17, 15) is 4.79 Å². The van der Waals surface area contributed by atoms with Crippen LogP contribution >= 0.6 is 0 Å². The van der Waals surface area contributed by atoms with Gasteiger partial charge in [-0.2, -0.15) is 0 Å². The number of hydrogen-bond acceptors (Lipinski definition) is 7. The van der Waals surface area contributed by atoms with Crippen LogP contribution in [-0.2, 0) is 25.9 Å². The molecule has 9 heteroatoms. The van der Waals surface area contributed by atoms with E-state index < -0.39 is 0 Å². The third-order valence-electron chi connectivity index (χ3n) is 5.85. The van der Waals surface area contributed by atoms with Crippen LogP contribution < -0.4 is 14.8 Å². The summed E-state index contributed by atoms with van der Waals surface area (Å²) in [6, 6.07) is 15.1. The number of aliphatic hydroxyl groups excluding tert-OH is 1. The first kappa shape index (κ1) is 23.7. The Morgan fingerprint density at radius 2 is 1.94 bits per heavy atom. The van der Waals surface area contributed by atoms with Crippen molar-refractivity contribution in [3.05, 3.63) is 71.3 Å². The molecule has 0 fully saturated rings. The van der Waals surface area contributed by atoms with Crippen LogP contribution in [0.5, 0.6) is 11.5 Å². The highest BCUT2D eigenvalue weighted by molar-refractivity contribution is 5.94. The number of nitrogens with zero attached hydrogens (tertiary/aromatic N) is 4. The monoisotopic (exact) mass is 465 g/mol. The fourth-order valence-corrected chi connectivity index (χ4v) is 4.06. The first-order chi connectivity index (χ1) is 16.7. The van der Waals surface area contributed by atoms with Crippen molar-refractivity contribution in [2.24, 2.45) is 0 Å². The third-order valence-corrected chi connectivity index (χ3v) is 5.85. The Bertz CT molecular complexity index is 1080. The van der Waals surface area contributed by atoms with Crippen LogP contribution in [0.4, 0.5) is 0 Å². The molecule has 4 rings (SSSR count). The summed E-state index contributed by atoms with van der Waals surface area (Å²) in [6.45, 7) is 4.21. The molecule has 1 aliphatic heterocycles. The number of carbonyl (C=O) groups excluding carboxylic acids is 1. The van der Waals surface area contributed by atoms with Crippen molar-refractivity contribution in [1.82, 2.24) is 25.0 Å². The van der Waals surface area contributed by atoms with Gasteiger partial charge in [0.05, 0.1) is 13.7 Å². The fourth-order valence-electron chi connectivity index (χ4n) is 4.06. The molecule has 9 nitrogen and oxygen atoms in total. The highest BCUT2D eigenvalue weighted by atomic mass is 16.5. The average Bonchev–Trinajstić information content (AvgIpc) is 3.14. The summed E-state index contributed by atoms with van der Waals surface area (Å²) in [5.74, 6) is 3.26. The molecule has 0 saturated carbocycles. The molecule has 0 aliphatic carbocycles. The number of benzene rings is 2. The summed E-state index contributed by atoms with van der Waals surface area (Å²) < 4.78 is 12.8. The van der Waals surface area contributed by atoms with E-state index >= 15 is 0 Å². The van der Waals surface area contributed by atoms with E-state index in [1.807, 2.05) is 18.2 Å². The number of aromatic nitrogens is 3. The average molecular weight is 466 g/mol. The van der Waals surface area contributed by atoms with Gasteiger partial charge in [-0.3, -0.25) is 9.69 Å². The lowest BCUT2D eigenvalue weighted by atomic mass is 10.2. The van der Waals surface area contributed by atoms with E-state index in [1.165, 1.54) is 5.56 Å². The van der Waals surface area contributed by atoms with Gasteiger partial charge in [-0.05, 0) is 42.0 Å². The lowest BCUT2D eigenvalue weighted by Gasteiger charge is -2.20. The van der Waals surface area contributed by atoms with Crippen molar-refractivity contribution in [2.45, 2.75) is 25.9 Å². The van der Waals surface area contributed by atoms with Crippen molar-refractivity contribution in [3.63, 3.8) is 0 Å². The number of nitrogens with one attached hydrogen (secondary N) is 1. The zero-order chi connectivity index (χ0) is 23.8. The molecule has 0 saturated heterocycles. The van der Waals surface area contributed by atoms with Crippen LogP contribution in [0.3, 0.4) is 0 Å². The van der Waals surface area contributed by atoms with Crippen LogP contribution in [0, 0.1) is 0 Å². The molecule has 180 valence electrons. The number of carbonyl (C=O) groups is 1. The molecular weight excluding hydrogens is 434 g/mol. The van der Waals surface area contributed by atoms with Crippen LogP contribution in [0.15, 0.2) is 48.5 Å². The Kier molecular flexibility index (Phi) is 8.11. The maximum atomic E-state index is 12.4. The number of aliphatic hydroxyl groups is 1.